The van der Waals surface area contributed by atoms with Gasteiger partial charge in [-0.05, 0) is 37.5 Å². The van der Waals surface area contributed by atoms with Crippen LogP contribution in [-0.2, 0) is 16.1 Å². The van der Waals surface area contributed by atoms with E-state index in [1.54, 1.807) is 0 Å². The number of hydrogen-bond donors (Lipinski definition) is 2. The second kappa shape index (κ2) is 7.62. The van der Waals surface area contributed by atoms with Gasteiger partial charge in [-0.3, -0.25) is 4.79 Å². The van der Waals surface area contributed by atoms with Gasteiger partial charge in [0.25, 0.3) is 0 Å². The molecule has 1 aliphatic heterocycles. The Balaban J connectivity index is 1.66. The predicted molar refractivity (Wildman–Crippen MR) is 79.7 cm³/mol. The summed E-state index contributed by atoms with van der Waals surface area (Å²) in [5.74, 6) is -0.00945. The van der Waals surface area contributed by atoms with Crippen molar-refractivity contribution in [2.75, 3.05) is 13.2 Å². The number of carbonyl (C=O) groups excluding carboxylic acids is 1. The van der Waals surface area contributed by atoms with Crippen molar-refractivity contribution in [2.24, 2.45) is 0 Å². The third kappa shape index (κ3) is 4.78. The summed E-state index contributed by atoms with van der Waals surface area (Å²) >= 11 is 5.81. The number of carbonyl (C=O) groups is 1. The van der Waals surface area contributed by atoms with E-state index in [4.69, 9.17) is 16.3 Å². The Morgan fingerprint density at radius 2 is 2.20 bits per heavy atom. The highest BCUT2D eigenvalue weighted by atomic mass is 35.5. The fraction of sp³-hybridized carbons (Fsp3) is 0.533. The molecular weight excluding hydrogens is 276 g/mol. The third-order valence-electron chi connectivity index (χ3n) is 3.51. The molecule has 2 N–H and O–H groups in total. The van der Waals surface area contributed by atoms with Gasteiger partial charge in [-0.2, -0.15) is 0 Å². The highest BCUT2D eigenvalue weighted by molar-refractivity contribution is 6.30. The molecule has 1 amide bonds. The van der Waals surface area contributed by atoms with Gasteiger partial charge in [-0.25, -0.2) is 0 Å². The Morgan fingerprint density at radius 1 is 1.45 bits per heavy atom. The molecule has 0 saturated carbocycles. The molecule has 1 aliphatic rings. The molecule has 0 aliphatic carbocycles. The van der Waals surface area contributed by atoms with Gasteiger partial charge in [-0.1, -0.05) is 23.7 Å². The largest absolute Gasteiger partial charge is 0.377 e. The topological polar surface area (TPSA) is 50.4 Å². The maximum absolute atomic E-state index is 11.8. The molecule has 1 aromatic rings. The monoisotopic (exact) mass is 296 g/mol. The SMILES string of the molecule is CC(NCC(=O)NCc1ccc(Cl)cc1)C1CCCO1. The number of halogens is 1. The number of nitrogens with one attached hydrogen (secondary N) is 2. The quantitative estimate of drug-likeness (QED) is 0.845. The maximum atomic E-state index is 11.8. The summed E-state index contributed by atoms with van der Waals surface area (Å²) in [6, 6.07) is 7.66. The van der Waals surface area contributed by atoms with Gasteiger partial charge in [0.1, 0.15) is 0 Å². The lowest BCUT2D eigenvalue weighted by atomic mass is 10.1. The van der Waals surface area contributed by atoms with Crippen LogP contribution in [0, 0.1) is 0 Å². The van der Waals surface area contributed by atoms with E-state index in [1.165, 1.54) is 0 Å². The lowest BCUT2D eigenvalue weighted by molar-refractivity contribution is -0.120. The van der Waals surface area contributed by atoms with Gasteiger partial charge in [0, 0.05) is 24.2 Å². The first-order valence-corrected chi connectivity index (χ1v) is 7.39. The Morgan fingerprint density at radius 3 is 2.85 bits per heavy atom. The fourth-order valence-corrected chi connectivity index (χ4v) is 2.37. The van der Waals surface area contributed by atoms with E-state index in [-0.39, 0.29) is 18.1 Å². The molecular formula is C15H21ClN2O2. The zero-order valence-corrected chi connectivity index (χ0v) is 12.5. The first-order valence-electron chi connectivity index (χ1n) is 7.01. The Hall–Kier alpha value is -1.10. The van der Waals surface area contributed by atoms with E-state index in [9.17, 15) is 4.79 Å². The lowest BCUT2D eigenvalue weighted by Crippen LogP contribution is -2.42. The van der Waals surface area contributed by atoms with Crippen molar-refractivity contribution < 1.29 is 9.53 Å². The molecule has 1 saturated heterocycles. The van der Waals surface area contributed by atoms with Gasteiger partial charge < -0.3 is 15.4 Å². The number of ether oxygens (including phenoxy) is 1. The van der Waals surface area contributed by atoms with Crippen LogP contribution in [0.1, 0.15) is 25.3 Å². The second-order valence-corrected chi connectivity index (χ2v) is 5.56. The van der Waals surface area contributed by atoms with E-state index in [0.717, 1.165) is 25.0 Å². The highest BCUT2D eigenvalue weighted by Gasteiger charge is 2.22. The van der Waals surface area contributed by atoms with Gasteiger partial charge in [0.05, 0.1) is 12.6 Å². The van der Waals surface area contributed by atoms with Crippen molar-refractivity contribution in [3.05, 3.63) is 34.9 Å². The molecule has 2 rings (SSSR count). The molecule has 5 heteroatoms. The van der Waals surface area contributed by atoms with Crippen LogP contribution in [0.15, 0.2) is 24.3 Å². The minimum absolute atomic E-state index is 0.00945. The summed E-state index contributed by atoms with van der Waals surface area (Å²) in [4.78, 5) is 11.8. The van der Waals surface area contributed by atoms with Crippen LogP contribution in [0.25, 0.3) is 0 Å². The molecule has 1 fully saturated rings. The Labute approximate surface area is 124 Å². The minimum atomic E-state index is -0.00945. The number of hydrogen-bond acceptors (Lipinski definition) is 3. The van der Waals surface area contributed by atoms with Crippen LogP contribution < -0.4 is 10.6 Å². The van der Waals surface area contributed by atoms with E-state index in [0.29, 0.717) is 18.1 Å². The molecule has 110 valence electrons. The normalized spacial score (nSPS) is 19.8. The van der Waals surface area contributed by atoms with Crippen molar-refractivity contribution in [1.29, 1.82) is 0 Å². The summed E-state index contributed by atoms with van der Waals surface area (Å²) in [5, 5.41) is 6.79. The molecule has 0 spiro atoms. The smallest absolute Gasteiger partial charge is 0.234 e. The molecule has 20 heavy (non-hydrogen) atoms. The Bertz CT molecular complexity index is 430. The average molecular weight is 297 g/mol. The van der Waals surface area contributed by atoms with Gasteiger partial charge in [0.2, 0.25) is 5.91 Å². The number of benzene rings is 1. The molecule has 1 heterocycles. The molecule has 2 atom stereocenters. The van der Waals surface area contributed by atoms with Crippen molar-refractivity contribution in [1.82, 2.24) is 10.6 Å². The van der Waals surface area contributed by atoms with Crippen molar-refractivity contribution in [3.8, 4) is 0 Å². The molecule has 4 nitrogen and oxygen atoms in total. The van der Waals surface area contributed by atoms with Gasteiger partial charge in [-0.15, -0.1) is 0 Å². The van der Waals surface area contributed by atoms with Crippen molar-refractivity contribution in [3.63, 3.8) is 0 Å². The molecule has 2 unspecified atom stereocenters. The third-order valence-corrected chi connectivity index (χ3v) is 3.76. The molecule has 0 bridgehead atoms. The summed E-state index contributed by atoms with van der Waals surface area (Å²) in [6.45, 7) is 3.72. The standard InChI is InChI=1S/C15H21ClN2O2/c1-11(14-3-2-8-20-14)17-10-15(19)18-9-12-4-6-13(16)7-5-12/h4-7,11,14,17H,2-3,8-10H2,1H3,(H,18,19). The molecule has 0 radical (unpaired) electrons. The first kappa shape index (κ1) is 15.3. The van der Waals surface area contributed by atoms with Crippen molar-refractivity contribution in [2.45, 2.75) is 38.5 Å². The summed E-state index contributed by atoms with van der Waals surface area (Å²) in [6.07, 6.45) is 2.42. The van der Waals surface area contributed by atoms with E-state index in [1.807, 2.05) is 24.3 Å². The van der Waals surface area contributed by atoms with Gasteiger partial charge in [0.15, 0.2) is 0 Å². The Kier molecular flexibility index (Phi) is 5.83. The average Bonchev–Trinajstić information content (AvgIpc) is 2.98. The predicted octanol–water partition coefficient (Wildman–Crippen LogP) is 2.11. The first-order chi connectivity index (χ1) is 9.65. The molecule has 1 aromatic carbocycles. The molecule has 0 aromatic heterocycles. The van der Waals surface area contributed by atoms with E-state index in [2.05, 4.69) is 17.6 Å². The van der Waals surface area contributed by atoms with Crippen LogP contribution in [0.5, 0.6) is 0 Å². The van der Waals surface area contributed by atoms with Crippen LogP contribution in [0.4, 0.5) is 0 Å². The second-order valence-electron chi connectivity index (χ2n) is 5.12. The fourth-order valence-electron chi connectivity index (χ4n) is 2.25. The van der Waals surface area contributed by atoms with Crippen LogP contribution in [0.3, 0.4) is 0 Å². The summed E-state index contributed by atoms with van der Waals surface area (Å²) < 4.78 is 5.58. The van der Waals surface area contributed by atoms with E-state index >= 15 is 0 Å². The lowest BCUT2D eigenvalue weighted by Gasteiger charge is -2.19. The summed E-state index contributed by atoms with van der Waals surface area (Å²) in [7, 11) is 0. The zero-order chi connectivity index (χ0) is 14.4. The zero-order valence-electron chi connectivity index (χ0n) is 11.7. The van der Waals surface area contributed by atoms with Gasteiger partial charge >= 0.3 is 0 Å². The summed E-state index contributed by atoms with van der Waals surface area (Å²) in [5.41, 5.74) is 1.04. The highest BCUT2D eigenvalue weighted by Crippen LogP contribution is 2.15. The van der Waals surface area contributed by atoms with Crippen LogP contribution in [0.2, 0.25) is 5.02 Å². The van der Waals surface area contributed by atoms with Crippen molar-refractivity contribution >= 4 is 17.5 Å². The van der Waals surface area contributed by atoms with Crippen LogP contribution >= 0.6 is 11.6 Å². The maximum Gasteiger partial charge on any atom is 0.234 e. The van der Waals surface area contributed by atoms with Crippen LogP contribution in [-0.4, -0.2) is 31.2 Å². The number of rotatable bonds is 6. The minimum Gasteiger partial charge on any atom is -0.377 e. The number of amides is 1. The van der Waals surface area contributed by atoms with E-state index < -0.39 is 0 Å².